The van der Waals surface area contributed by atoms with Gasteiger partial charge in [-0.2, -0.15) is 0 Å². The van der Waals surface area contributed by atoms with Crippen LogP contribution in [-0.4, -0.2) is 56.7 Å². The van der Waals surface area contributed by atoms with Gasteiger partial charge in [-0.25, -0.2) is 4.57 Å². The van der Waals surface area contributed by atoms with Gasteiger partial charge in [-0.3, -0.25) is 13.6 Å². The van der Waals surface area contributed by atoms with E-state index in [1.54, 1.807) is 0 Å². The van der Waals surface area contributed by atoms with Gasteiger partial charge in [0, 0.05) is 25.6 Å². The minimum Gasteiger partial charge on any atom is -0.390 e. The first-order valence-electron chi connectivity index (χ1n) is 5.54. The molecule has 3 unspecified atom stereocenters. The fourth-order valence-corrected chi connectivity index (χ4v) is 3.30. The number of alkyl halides is 5. The molecule has 0 aromatic heterocycles. The van der Waals surface area contributed by atoms with Gasteiger partial charge >= 0.3 is 7.82 Å². The van der Waals surface area contributed by atoms with Crippen molar-refractivity contribution < 1.29 is 23.2 Å². The van der Waals surface area contributed by atoms with E-state index in [0.717, 1.165) is 0 Å². The molecule has 20 heavy (non-hydrogen) atoms. The molecular weight excluding hydrogens is 619 g/mol. The third-order valence-electron chi connectivity index (χ3n) is 1.77. The Kier molecular flexibility index (Phi) is 14.4. The van der Waals surface area contributed by atoms with Crippen molar-refractivity contribution in [2.75, 3.05) is 35.8 Å². The molecule has 0 aromatic carbocycles. The maximum absolute atomic E-state index is 12.4. The lowest BCUT2D eigenvalue weighted by Gasteiger charge is -2.21. The fraction of sp³-hybridized carbons (Fsp3) is 1.00. The molecule has 11 heteroatoms. The molecule has 0 saturated carbocycles. The summed E-state index contributed by atoms with van der Waals surface area (Å²) in [7, 11) is -3.70. The number of rotatable bonds is 12. The zero-order valence-corrected chi connectivity index (χ0v) is 19.2. The Balaban J connectivity index is 4.45. The highest BCUT2D eigenvalue weighted by Crippen LogP contribution is 2.50. The molecule has 0 rings (SSSR count). The first-order chi connectivity index (χ1) is 9.36. The standard InChI is InChI=1S/C9H16Br5O5P/c10-1-7(13)4-17-20(16,18-5-8(14)2-11)19-6-9(15)3-12/h7-9,15H,1-6H2. The van der Waals surface area contributed by atoms with Crippen molar-refractivity contribution in [1.82, 2.24) is 0 Å². The van der Waals surface area contributed by atoms with E-state index in [4.69, 9.17) is 13.6 Å². The quantitative estimate of drug-likeness (QED) is 0.258. The molecule has 0 radical (unpaired) electrons. The summed E-state index contributed by atoms with van der Waals surface area (Å²) < 4.78 is 28.0. The maximum atomic E-state index is 12.4. The van der Waals surface area contributed by atoms with Crippen LogP contribution in [0.1, 0.15) is 0 Å². The summed E-state index contributed by atoms with van der Waals surface area (Å²) in [6, 6.07) is 0. The second-order valence-electron chi connectivity index (χ2n) is 3.65. The monoisotopic (exact) mass is 630 g/mol. The minimum atomic E-state index is -3.70. The summed E-state index contributed by atoms with van der Waals surface area (Å²) in [5.74, 6) is 0. The van der Waals surface area contributed by atoms with E-state index in [0.29, 0.717) is 16.0 Å². The van der Waals surface area contributed by atoms with Gasteiger partial charge in [-0.15, -0.1) is 0 Å². The Hall–Kier alpha value is 2.47. The Morgan fingerprint density at radius 3 is 1.60 bits per heavy atom. The predicted octanol–water partition coefficient (Wildman–Crippen LogP) is 4.22. The van der Waals surface area contributed by atoms with Gasteiger partial charge in [-0.05, 0) is 0 Å². The number of hydrogen-bond donors (Lipinski definition) is 1. The smallest absolute Gasteiger partial charge is 0.390 e. The third kappa shape index (κ3) is 11.1. The number of hydrogen-bond acceptors (Lipinski definition) is 5. The molecule has 0 fully saturated rings. The van der Waals surface area contributed by atoms with Crippen LogP contribution in [0.5, 0.6) is 0 Å². The number of halogens is 5. The summed E-state index contributed by atoms with van der Waals surface area (Å²) in [5, 5.41) is 11.0. The predicted molar refractivity (Wildman–Crippen MR) is 98.3 cm³/mol. The van der Waals surface area contributed by atoms with Crippen molar-refractivity contribution in [3.8, 4) is 0 Å². The van der Waals surface area contributed by atoms with Crippen LogP contribution < -0.4 is 0 Å². The van der Waals surface area contributed by atoms with E-state index >= 15 is 0 Å². The van der Waals surface area contributed by atoms with E-state index < -0.39 is 13.9 Å². The lowest BCUT2D eigenvalue weighted by molar-refractivity contribution is 0.0706. The molecule has 5 nitrogen and oxygen atoms in total. The first kappa shape index (κ1) is 22.5. The van der Waals surface area contributed by atoms with Crippen LogP contribution in [0, 0.1) is 0 Å². The van der Waals surface area contributed by atoms with Crippen LogP contribution in [0.15, 0.2) is 0 Å². The second kappa shape index (κ2) is 12.8. The molecule has 0 saturated heterocycles. The van der Waals surface area contributed by atoms with E-state index in [1.807, 2.05) is 0 Å². The first-order valence-corrected chi connectivity index (χ1v) is 12.2. The highest BCUT2D eigenvalue weighted by atomic mass is 79.9. The van der Waals surface area contributed by atoms with Gasteiger partial charge in [0.15, 0.2) is 0 Å². The van der Waals surface area contributed by atoms with Crippen molar-refractivity contribution in [3.63, 3.8) is 0 Å². The van der Waals surface area contributed by atoms with Crippen LogP contribution >= 0.6 is 87.5 Å². The molecule has 122 valence electrons. The van der Waals surface area contributed by atoms with Crippen molar-refractivity contribution in [2.45, 2.75) is 15.8 Å². The van der Waals surface area contributed by atoms with Gasteiger partial charge in [0.1, 0.15) is 0 Å². The molecule has 0 aliphatic rings. The normalized spacial score (nSPS) is 19.3. The van der Waals surface area contributed by atoms with Crippen LogP contribution in [0.25, 0.3) is 0 Å². The summed E-state index contributed by atoms with van der Waals surface area (Å²) in [6.07, 6.45) is -0.776. The molecule has 0 bridgehead atoms. The van der Waals surface area contributed by atoms with Gasteiger partial charge in [0.2, 0.25) is 0 Å². The Bertz CT molecular complexity index is 255. The largest absolute Gasteiger partial charge is 0.474 e. The molecular formula is C9H16Br5O5P. The highest BCUT2D eigenvalue weighted by molar-refractivity contribution is 9.12. The average molecular weight is 635 g/mol. The average Bonchev–Trinajstić information content (AvgIpc) is 2.47. The maximum Gasteiger partial charge on any atom is 0.474 e. The van der Waals surface area contributed by atoms with E-state index in [1.165, 1.54) is 0 Å². The molecule has 0 heterocycles. The third-order valence-corrected chi connectivity index (χ3v) is 8.39. The summed E-state index contributed by atoms with van der Waals surface area (Å²) in [5.41, 5.74) is 0. The van der Waals surface area contributed by atoms with Crippen LogP contribution in [0.2, 0.25) is 0 Å². The van der Waals surface area contributed by atoms with Gasteiger partial charge < -0.3 is 5.11 Å². The Labute approximate surface area is 161 Å². The molecule has 0 spiro atoms. The molecule has 0 amide bonds. The fourth-order valence-electron chi connectivity index (χ4n) is 0.767. The molecule has 1 N–H and O–H groups in total. The Morgan fingerprint density at radius 1 is 0.850 bits per heavy atom. The SMILES string of the molecule is O=P(OCC(O)CBr)(OCC(Br)CBr)OCC(Br)CBr. The van der Waals surface area contributed by atoms with E-state index in [-0.39, 0.29) is 29.5 Å². The summed E-state index contributed by atoms with van der Waals surface area (Å²) in [6.45, 7) is 0.188. The van der Waals surface area contributed by atoms with Gasteiger partial charge in [-0.1, -0.05) is 79.6 Å². The van der Waals surface area contributed by atoms with Crippen LogP contribution in [0.3, 0.4) is 0 Å². The number of phosphoric ester groups is 1. The van der Waals surface area contributed by atoms with Gasteiger partial charge in [0.25, 0.3) is 0 Å². The second-order valence-corrected chi connectivity index (χ2v) is 9.85. The number of phosphoric acid groups is 1. The zero-order chi connectivity index (χ0) is 15.6. The van der Waals surface area contributed by atoms with E-state index in [9.17, 15) is 9.67 Å². The molecule has 0 aromatic rings. The van der Waals surface area contributed by atoms with Crippen LogP contribution in [-0.2, 0) is 18.1 Å². The molecule has 0 aliphatic carbocycles. The van der Waals surface area contributed by atoms with Gasteiger partial charge in [0.05, 0.1) is 25.9 Å². The zero-order valence-electron chi connectivity index (χ0n) is 10.4. The van der Waals surface area contributed by atoms with Crippen LogP contribution in [0.4, 0.5) is 0 Å². The molecule has 3 atom stereocenters. The number of aliphatic hydroxyl groups excluding tert-OH is 1. The lowest BCUT2D eigenvalue weighted by atomic mass is 10.5. The summed E-state index contributed by atoms with van der Waals surface area (Å²) in [4.78, 5) is -0.0277. The van der Waals surface area contributed by atoms with Crippen molar-refractivity contribution in [3.05, 3.63) is 0 Å². The van der Waals surface area contributed by atoms with Crippen molar-refractivity contribution in [2.24, 2.45) is 0 Å². The van der Waals surface area contributed by atoms with E-state index in [2.05, 4.69) is 79.6 Å². The highest BCUT2D eigenvalue weighted by Gasteiger charge is 2.29. The Morgan fingerprint density at radius 2 is 1.25 bits per heavy atom. The summed E-state index contributed by atoms with van der Waals surface area (Å²) >= 11 is 16.3. The van der Waals surface area contributed by atoms with Crippen molar-refractivity contribution >= 4 is 87.5 Å². The van der Waals surface area contributed by atoms with Crippen molar-refractivity contribution in [1.29, 1.82) is 0 Å². The minimum absolute atomic E-state index is 0.0138. The topological polar surface area (TPSA) is 65.0 Å². The molecule has 0 aliphatic heterocycles. The number of aliphatic hydroxyl groups is 1. The lowest BCUT2D eigenvalue weighted by Crippen LogP contribution is -2.19.